The summed E-state index contributed by atoms with van der Waals surface area (Å²) in [7, 11) is 0. The van der Waals surface area contributed by atoms with Crippen LogP contribution in [0.2, 0.25) is 10.0 Å². The lowest BCUT2D eigenvalue weighted by atomic mass is 9.94. The van der Waals surface area contributed by atoms with Crippen molar-refractivity contribution in [2.75, 3.05) is 0 Å². The Morgan fingerprint density at radius 3 is 2.58 bits per heavy atom. The van der Waals surface area contributed by atoms with Gasteiger partial charge in [-0.1, -0.05) is 60.7 Å². The molecule has 0 atom stereocenters. The normalized spacial score (nSPS) is 19.7. The molecule has 2 aromatic carbocycles. The third-order valence-corrected chi connectivity index (χ3v) is 7.40. The zero-order chi connectivity index (χ0) is 22.8. The van der Waals surface area contributed by atoms with Gasteiger partial charge in [-0.3, -0.25) is 9.69 Å². The first kappa shape index (κ1) is 22.3. The van der Waals surface area contributed by atoms with Gasteiger partial charge >= 0.3 is 0 Å². The number of furan rings is 1. The van der Waals surface area contributed by atoms with E-state index in [1.807, 2.05) is 47.4 Å². The summed E-state index contributed by atoms with van der Waals surface area (Å²) in [5, 5.41) is 1.87. The van der Waals surface area contributed by atoms with E-state index in [4.69, 9.17) is 32.6 Å². The molecule has 7 heteroatoms. The average molecular weight is 497 g/mol. The molecule has 0 bridgehead atoms. The van der Waals surface area contributed by atoms with Gasteiger partial charge in [0.1, 0.15) is 11.5 Å². The number of nitrogens with zero attached hydrogens (tertiary/aromatic N) is 2. The number of hydrogen-bond donors (Lipinski definition) is 0. The Bertz CT molecular complexity index is 1230. The molecule has 3 aromatic rings. The number of para-hydroxylation sites is 1. The average Bonchev–Trinajstić information content (AvgIpc) is 3.41. The zero-order valence-electron chi connectivity index (χ0n) is 17.8. The van der Waals surface area contributed by atoms with Gasteiger partial charge in [0.05, 0.1) is 15.6 Å². The van der Waals surface area contributed by atoms with Crippen LogP contribution in [-0.4, -0.2) is 22.0 Å². The summed E-state index contributed by atoms with van der Waals surface area (Å²) >= 11 is 13.8. The summed E-state index contributed by atoms with van der Waals surface area (Å²) < 4.78 is 6.01. The van der Waals surface area contributed by atoms with E-state index in [9.17, 15) is 4.79 Å². The maximum atomic E-state index is 13.5. The molecule has 168 valence electrons. The number of benzene rings is 2. The van der Waals surface area contributed by atoms with Crippen molar-refractivity contribution < 1.29 is 9.21 Å². The van der Waals surface area contributed by atoms with E-state index < -0.39 is 0 Å². The molecule has 5 rings (SSSR count). The van der Waals surface area contributed by atoms with E-state index in [1.165, 1.54) is 18.2 Å². The molecule has 0 spiro atoms. The number of rotatable bonds is 4. The Hall–Kier alpha value is -2.47. The predicted octanol–water partition coefficient (Wildman–Crippen LogP) is 8.19. The minimum atomic E-state index is -0.0136. The van der Waals surface area contributed by atoms with Crippen molar-refractivity contribution in [3.63, 3.8) is 0 Å². The predicted molar refractivity (Wildman–Crippen MR) is 137 cm³/mol. The van der Waals surface area contributed by atoms with Crippen LogP contribution < -0.4 is 0 Å². The van der Waals surface area contributed by atoms with Crippen molar-refractivity contribution in [2.45, 2.75) is 38.1 Å². The highest BCUT2D eigenvalue weighted by Gasteiger charge is 2.38. The Balaban J connectivity index is 1.47. The summed E-state index contributed by atoms with van der Waals surface area (Å²) in [6, 6.07) is 18.9. The Labute approximate surface area is 207 Å². The second-order valence-electron chi connectivity index (χ2n) is 8.13. The topological polar surface area (TPSA) is 45.8 Å². The summed E-state index contributed by atoms with van der Waals surface area (Å²) in [5.41, 5.74) is 1.56. The molecule has 4 nitrogen and oxygen atoms in total. The number of aliphatic imine (C=N–C) groups is 1. The SMILES string of the molecule is O=C1/C(=C/c2ccc(-c3cc(Cl)ccc3Cl)o2)SC(=Nc2ccccc2)N1C1CCCCC1. The van der Waals surface area contributed by atoms with Crippen molar-refractivity contribution in [1.82, 2.24) is 4.90 Å². The molecule has 33 heavy (non-hydrogen) atoms. The van der Waals surface area contributed by atoms with Crippen LogP contribution in [0, 0.1) is 0 Å². The van der Waals surface area contributed by atoms with Crippen LogP contribution in [0.5, 0.6) is 0 Å². The lowest BCUT2D eigenvalue weighted by Gasteiger charge is -2.30. The standard InChI is InChI=1S/C26H22Cl2N2O2S/c27-17-11-13-22(28)21(15-17)23-14-12-20(32-23)16-24-25(31)30(19-9-5-2-6-10-19)26(33-24)29-18-7-3-1-4-8-18/h1,3-4,7-8,11-16,19H,2,5-6,9-10H2/b24-16-,29-26?. The number of amidine groups is 1. The summed E-state index contributed by atoms with van der Waals surface area (Å²) in [4.78, 5) is 20.8. The van der Waals surface area contributed by atoms with Crippen molar-refractivity contribution in [3.8, 4) is 11.3 Å². The van der Waals surface area contributed by atoms with E-state index in [0.717, 1.165) is 42.1 Å². The van der Waals surface area contributed by atoms with Crippen molar-refractivity contribution in [3.05, 3.63) is 81.4 Å². The van der Waals surface area contributed by atoms with Crippen LogP contribution in [0.3, 0.4) is 0 Å². The van der Waals surface area contributed by atoms with Gasteiger partial charge in [0.2, 0.25) is 0 Å². The first-order chi connectivity index (χ1) is 16.1. The van der Waals surface area contributed by atoms with Crippen molar-refractivity contribution >= 4 is 57.8 Å². The second-order valence-corrected chi connectivity index (χ2v) is 9.99. The van der Waals surface area contributed by atoms with Gasteiger partial charge < -0.3 is 4.42 Å². The molecular formula is C26H22Cl2N2O2S. The highest BCUT2D eigenvalue weighted by molar-refractivity contribution is 8.18. The van der Waals surface area contributed by atoms with E-state index in [1.54, 1.807) is 24.3 Å². The molecule has 1 saturated heterocycles. The Kier molecular flexibility index (Phi) is 6.63. The molecule has 1 saturated carbocycles. The minimum Gasteiger partial charge on any atom is -0.457 e. The van der Waals surface area contributed by atoms with Crippen LogP contribution in [0.15, 0.2) is 75.0 Å². The quantitative estimate of drug-likeness (QED) is 0.342. The van der Waals surface area contributed by atoms with Crippen molar-refractivity contribution in [1.29, 1.82) is 0 Å². The first-order valence-electron chi connectivity index (χ1n) is 11.0. The number of thioether (sulfide) groups is 1. The molecule has 0 N–H and O–H groups in total. The van der Waals surface area contributed by atoms with Gasteiger partial charge in [0.15, 0.2) is 5.17 Å². The molecule has 2 fully saturated rings. The fraction of sp³-hybridized carbons (Fsp3) is 0.231. The van der Waals surface area contributed by atoms with Crippen LogP contribution >= 0.6 is 35.0 Å². The Morgan fingerprint density at radius 2 is 1.79 bits per heavy atom. The first-order valence-corrected chi connectivity index (χ1v) is 12.6. The molecule has 2 aliphatic rings. The summed E-state index contributed by atoms with van der Waals surface area (Å²) in [6.45, 7) is 0. The van der Waals surface area contributed by atoms with Crippen LogP contribution in [-0.2, 0) is 4.79 Å². The molecular weight excluding hydrogens is 475 g/mol. The van der Waals surface area contributed by atoms with Crippen LogP contribution in [0.25, 0.3) is 17.4 Å². The second kappa shape index (κ2) is 9.80. The van der Waals surface area contributed by atoms with Crippen molar-refractivity contribution in [2.24, 2.45) is 4.99 Å². The van der Waals surface area contributed by atoms with Crippen LogP contribution in [0.4, 0.5) is 5.69 Å². The molecule has 1 aliphatic carbocycles. The minimum absolute atomic E-state index is 0.0136. The van der Waals surface area contributed by atoms with Gasteiger partial charge in [0.25, 0.3) is 5.91 Å². The molecule has 0 radical (unpaired) electrons. The number of amides is 1. The zero-order valence-corrected chi connectivity index (χ0v) is 20.2. The lowest BCUT2D eigenvalue weighted by Crippen LogP contribution is -2.40. The van der Waals surface area contributed by atoms with Gasteiger partial charge in [-0.25, -0.2) is 4.99 Å². The molecule has 1 aromatic heterocycles. The third-order valence-electron chi connectivity index (χ3n) is 5.85. The molecule has 1 aliphatic heterocycles. The van der Waals surface area contributed by atoms with Gasteiger partial charge in [-0.15, -0.1) is 0 Å². The molecule has 1 amide bonds. The van der Waals surface area contributed by atoms with Gasteiger partial charge in [-0.2, -0.15) is 0 Å². The number of halogens is 2. The smallest absolute Gasteiger partial charge is 0.267 e. The fourth-order valence-electron chi connectivity index (χ4n) is 4.23. The number of hydrogen-bond acceptors (Lipinski definition) is 4. The summed E-state index contributed by atoms with van der Waals surface area (Å²) in [5.74, 6) is 1.17. The maximum absolute atomic E-state index is 13.5. The van der Waals surface area contributed by atoms with E-state index >= 15 is 0 Å². The maximum Gasteiger partial charge on any atom is 0.267 e. The van der Waals surface area contributed by atoms with Gasteiger partial charge in [0, 0.05) is 22.7 Å². The number of carbonyl (C=O) groups excluding carboxylic acids is 1. The highest BCUT2D eigenvalue weighted by Crippen LogP contribution is 2.39. The van der Waals surface area contributed by atoms with Gasteiger partial charge in [-0.05, 0) is 67.1 Å². The molecule has 0 unspecified atom stereocenters. The van der Waals surface area contributed by atoms with E-state index in [-0.39, 0.29) is 11.9 Å². The summed E-state index contributed by atoms with van der Waals surface area (Å²) in [6.07, 6.45) is 7.30. The molecule has 2 heterocycles. The Morgan fingerprint density at radius 1 is 1.00 bits per heavy atom. The third kappa shape index (κ3) is 4.91. The number of carbonyl (C=O) groups is 1. The fourth-order valence-corrected chi connectivity index (χ4v) is 5.65. The largest absolute Gasteiger partial charge is 0.457 e. The van der Waals surface area contributed by atoms with E-state index in [0.29, 0.717) is 26.5 Å². The van der Waals surface area contributed by atoms with E-state index in [2.05, 4.69) is 0 Å². The van der Waals surface area contributed by atoms with Crippen LogP contribution in [0.1, 0.15) is 37.9 Å². The highest BCUT2D eigenvalue weighted by atomic mass is 35.5. The lowest BCUT2D eigenvalue weighted by molar-refractivity contribution is -0.124. The monoisotopic (exact) mass is 496 g/mol.